The van der Waals surface area contributed by atoms with Crippen molar-refractivity contribution in [3.63, 3.8) is 0 Å². The van der Waals surface area contributed by atoms with Crippen LogP contribution in [0.5, 0.6) is 0 Å². The van der Waals surface area contributed by atoms with Crippen LogP contribution < -0.4 is 4.90 Å². The third-order valence-electron chi connectivity index (χ3n) is 5.44. The second-order valence-corrected chi connectivity index (χ2v) is 7.89. The highest BCUT2D eigenvalue weighted by atomic mass is 35.5. The predicted octanol–water partition coefficient (Wildman–Crippen LogP) is 3.14. The van der Waals surface area contributed by atoms with Crippen molar-refractivity contribution >= 4 is 17.3 Å². The van der Waals surface area contributed by atoms with Gasteiger partial charge in [0, 0.05) is 43.4 Å². The number of piperazine rings is 1. The predicted molar refractivity (Wildman–Crippen MR) is 115 cm³/mol. The molecular formula is C22H26ClN5O. The van der Waals surface area contributed by atoms with Crippen LogP contribution in [0.25, 0.3) is 0 Å². The van der Waals surface area contributed by atoms with Crippen molar-refractivity contribution in [3.8, 4) is 0 Å². The van der Waals surface area contributed by atoms with Gasteiger partial charge in [-0.15, -0.1) is 10.2 Å². The monoisotopic (exact) mass is 411 g/mol. The van der Waals surface area contributed by atoms with Crippen molar-refractivity contribution in [1.82, 2.24) is 19.7 Å². The Balaban J connectivity index is 1.37. The van der Waals surface area contributed by atoms with Gasteiger partial charge in [0.15, 0.2) is 5.82 Å². The summed E-state index contributed by atoms with van der Waals surface area (Å²) in [5, 5.41) is 20.1. The van der Waals surface area contributed by atoms with Crippen molar-refractivity contribution in [2.24, 2.45) is 0 Å². The molecule has 1 aliphatic rings. The minimum Gasteiger partial charge on any atom is -0.384 e. The first-order valence-corrected chi connectivity index (χ1v) is 10.3. The highest BCUT2D eigenvalue weighted by Gasteiger charge is 2.24. The maximum absolute atomic E-state index is 10.9. The number of hydrogen-bond acceptors (Lipinski definition) is 5. The number of hydrogen-bond donors (Lipinski definition) is 1. The summed E-state index contributed by atoms with van der Waals surface area (Å²) in [6.07, 6.45) is -0.665. The average molecular weight is 412 g/mol. The Morgan fingerprint density at radius 3 is 2.34 bits per heavy atom. The van der Waals surface area contributed by atoms with E-state index in [9.17, 15) is 5.11 Å². The highest BCUT2D eigenvalue weighted by Crippen LogP contribution is 2.21. The van der Waals surface area contributed by atoms with Gasteiger partial charge in [-0.05, 0) is 36.8 Å². The van der Waals surface area contributed by atoms with Crippen LogP contribution in [0.15, 0.2) is 54.6 Å². The van der Waals surface area contributed by atoms with Crippen molar-refractivity contribution in [2.45, 2.75) is 19.6 Å². The molecule has 0 bridgehead atoms. The van der Waals surface area contributed by atoms with E-state index < -0.39 is 6.10 Å². The Morgan fingerprint density at radius 2 is 1.66 bits per heavy atom. The van der Waals surface area contributed by atoms with Crippen molar-refractivity contribution in [1.29, 1.82) is 0 Å². The molecule has 0 spiro atoms. The molecule has 0 radical (unpaired) electrons. The lowest BCUT2D eigenvalue weighted by Crippen LogP contribution is -2.47. The summed E-state index contributed by atoms with van der Waals surface area (Å²) in [7, 11) is 0. The minimum atomic E-state index is -0.665. The van der Waals surface area contributed by atoms with Gasteiger partial charge in [0.25, 0.3) is 0 Å². The summed E-state index contributed by atoms with van der Waals surface area (Å²) in [5.41, 5.74) is 2.35. The number of aliphatic hydroxyl groups is 1. The maximum atomic E-state index is 10.9. The number of β-amino-alcohol motifs (C(OH)–C–C–N with tert-alkyl or cyclic N) is 1. The minimum absolute atomic E-state index is 0.557. The van der Waals surface area contributed by atoms with Gasteiger partial charge in [0.05, 0.1) is 6.54 Å². The number of aryl methyl sites for hydroxylation is 1. The van der Waals surface area contributed by atoms with Crippen LogP contribution in [0.4, 0.5) is 5.69 Å². The molecule has 2 aromatic carbocycles. The highest BCUT2D eigenvalue weighted by molar-refractivity contribution is 6.30. The smallest absolute Gasteiger partial charge is 0.163 e. The molecule has 6 nitrogen and oxygen atoms in total. The lowest BCUT2D eigenvalue weighted by Gasteiger charge is -2.36. The molecule has 152 valence electrons. The molecule has 1 unspecified atom stereocenters. The summed E-state index contributed by atoms with van der Waals surface area (Å²) < 4.78 is 2.00. The first-order chi connectivity index (χ1) is 14.1. The number of anilines is 1. The van der Waals surface area contributed by atoms with Crippen LogP contribution in [0.2, 0.25) is 5.02 Å². The van der Waals surface area contributed by atoms with E-state index in [1.807, 2.05) is 41.8 Å². The first kappa shape index (κ1) is 19.9. The molecule has 1 aliphatic heterocycles. The van der Waals surface area contributed by atoms with Crippen LogP contribution in [0.1, 0.15) is 23.3 Å². The van der Waals surface area contributed by atoms with E-state index >= 15 is 0 Å². The van der Waals surface area contributed by atoms with E-state index in [1.165, 1.54) is 11.3 Å². The van der Waals surface area contributed by atoms with Gasteiger partial charge < -0.3 is 14.6 Å². The van der Waals surface area contributed by atoms with Gasteiger partial charge >= 0.3 is 0 Å². The Labute approximate surface area is 176 Å². The lowest BCUT2D eigenvalue weighted by atomic mass is 10.2. The zero-order valence-electron chi connectivity index (χ0n) is 16.6. The quantitative estimate of drug-likeness (QED) is 0.675. The zero-order chi connectivity index (χ0) is 20.2. The standard InChI is InChI=1S/C22H26ClN5O/c1-17-24-25-22(28(17)15-18-5-3-2-4-6-18)21(29)16-26-11-13-27(14-12-26)20-9-7-19(23)8-10-20/h2-10,21,29H,11-16H2,1H3. The Morgan fingerprint density at radius 1 is 0.966 bits per heavy atom. The van der Waals surface area contributed by atoms with Crippen LogP contribution >= 0.6 is 11.6 Å². The summed E-state index contributed by atoms with van der Waals surface area (Å²) in [5.74, 6) is 1.45. The Kier molecular flexibility index (Phi) is 6.13. The number of nitrogens with zero attached hydrogens (tertiary/aromatic N) is 5. The van der Waals surface area contributed by atoms with E-state index in [0.29, 0.717) is 18.9 Å². The molecule has 1 fully saturated rings. The summed E-state index contributed by atoms with van der Waals surface area (Å²) in [6, 6.07) is 18.2. The van der Waals surface area contributed by atoms with Crippen LogP contribution in [0, 0.1) is 6.92 Å². The van der Waals surface area contributed by atoms with Gasteiger partial charge in [0.1, 0.15) is 11.9 Å². The van der Waals surface area contributed by atoms with Crippen LogP contribution in [-0.4, -0.2) is 57.5 Å². The third kappa shape index (κ3) is 4.78. The van der Waals surface area contributed by atoms with Gasteiger partial charge in [-0.2, -0.15) is 0 Å². The van der Waals surface area contributed by atoms with E-state index in [0.717, 1.165) is 37.0 Å². The maximum Gasteiger partial charge on any atom is 0.163 e. The SMILES string of the molecule is Cc1nnc(C(O)CN2CCN(c3ccc(Cl)cc3)CC2)n1Cc1ccccc1. The number of benzene rings is 2. The number of aliphatic hydroxyl groups excluding tert-OH is 1. The van der Waals surface area contributed by atoms with E-state index in [-0.39, 0.29) is 0 Å². The van der Waals surface area contributed by atoms with Gasteiger partial charge in [-0.25, -0.2) is 0 Å². The Hall–Kier alpha value is -2.41. The molecule has 7 heteroatoms. The van der Waals surface area contributed by atoms with Crippen molar-refractivity contribution in [2.75, 3.05) is 37.6 Å². The normalized spacial score (nSPS) is 16.2. The molecule has 1 atom stereocenters. The molecule has 4 rings (SSSR count). The van der Waals surface area contributed by atoms with Crippen molar-refractivity contribution < 1.29 is 5.11 Å². The van der Waals surface area contributed by atoms with Gasteiger partial charge in [-0.1, -0.05) is 41.9 Å². The summed E-state index contributed by atoms with van der Waals surface area (Å²) in [6.45, 7) is 6.78. The molecular weight excluding hydrogens is 386 g/mol. The van der Waals surface area contributed by atoms with Crippen LogP contribution in [0.3, 0.4) is 0 Å². The second-order valence-electron chi connectivity index (χ2n) is 7.46. The van der Waals surface area contributed by atoms with E-state index in [1.54, 1.807) is 0 Å². The average Bonchev–Trinajstić information content (AvgIpc) is 3.10. The molecule has 1 N–H and O–H groups in total. The Bertz CT molecular complexity index is 920. The fraction of sp³-hybridized carbons (Fsp3) is 0.364. The number of halogens is 1. The summed E-state index contributed by atoms with van der Waals surface area (Å²) in [4.78, 5) is 4.63. The second kappa shape index (κ2) is 8.95. The molecule has 0 aliphatic carbocycles. The lowest BCUT2D eigenvalue weighted by molar-refractivity contribution is 0.0996. The molecule has 0 saturated carbocycles. The van der Waals surface area contributed by atoms with Crippen molar-refractivity contribution in [3.05, 3.63) is 76.8 Å². The number of aromatic nitrogens is 3. The zero-order valence-corrected chi connectivity index (χ0v) is 17.3. The molecule has 29 heavy (non-hydrogen) atoms. The molecule has 1 aromatic heterocycles. The fourth-order valence-electron chi connectivity index (χ4n) is 3.77. The third-order valence-corrected chi connectivity index (χ3v) is 5.69. The van der Waals surface area contributed by atoms with E-state index in [4.69, 9.17) is 11.6 Å². The largest absolute Gasteiger partial charge is 0.384 e. The fourth-order valence-corrected chi connectivity index (χ4v) is 3.90. The molecule has 0 amide bonds. The van der Waals surface area contributed by atoms with E-state index in [2.05, 4.69) is 44.3 Å². The van der Waals surface area contributed by atoms with Gasteiger partial charge in [0.2, 0.25) is 0 Å². The first-order valence-electron chi connectivity index (χ1n) is 9.95. The number of rotatable bonds is 6. The molecule has 3 aromatic rings. The molecule has 2 heterocycles. The summed E-state index contributed by atoms with van der Waals surface area (Å²) >= 11 is 5.99. The van der Waals surface area contributed by atoms with Gasteiger partial charge in [-0.3, -0.25) is 4.90 Å². The molecule has 1 saturated heterocycles. The van der Waals surface area contributed by atoms with Crippen LogP contribution in [-0.2, 0) is 6.54 Å². The topological polar surface area (TPSA) is 57.4 Å².